The van der Waals surface area contributed by atoms with E-state index in [1.807, 2.05) is 52.0 Å². The Kier molecular flexibility index (Phi) is 5.58. The zero-order valence-corrected chi connectivity index (χ0v) is 15.1. The predicted molar refractivity (Wildman–Crippen MR) is 94.7 cm³/mol. The first kappa shape index (κ1) is 18.4. The van der Waals surface area contributed by atoms with Crippen molar-refractivity contribution in [2.45, 2.75) is 59.8 Å². The molecular weight excluding hydrogens is 302 g/mol. The Labute approximate surface area is 144 Å². The Hall–Kier alpha value is -1.97. The Bertz CT molecular complexity index is 625. The third kappa shape index (κ3) is 4.11. The van der Waals surface area contributed by atoms with Crippen molar-refractivity contribution in [2.75, 3.05) is 4.90 Å². The number of hydrogen-bond donors (Lipinski definition) is 0. The van der Waals surface area contributed by atoms with Gasteiger partial charge in [0.2, 0.25) is 11.8 Å². The number of carbonyl (C=O) groups is 3. The summed E-state index contributed by atoms with van der Waals surface area (Å²) in [7, 11) is 0. The van der Waals surface area contributed by atoms with E-state index >= 15 is 0 Å². The molecule has 1 aromatic rings. The molecule has 24 heavy (non-hydrogen) atoms. The second kappa shape index (κ2) is 7.29. The van der Waals surface area contributed by atoms with E-state index in [-0.39, 0.29) is 28.9 Å². The Morgan fingerprint density at radius 2 is 1.79 bits per heavy atom. The molecule has 0 N–H and O–H groups in total. The fourth-order valence-electron chi connectivity index (χ4n) is 2.92. The molecule has 4 nitrogen and oxygen atoms in total. The van der Waals surface area contributed by atoms with Crippen LogP contribution in [0.3, 0.4) is 0 Å². The number of hydrogen-bond acceptors (Lipinski definition) is 3. The molecule has 1 saturated heterocycles. The Morgan fingerprint density at radius 3 is 2.29 bits per heavy atom. The molecule has 1 aliphatic heterocycles. The molecule has 0 aliphatic carbocycles. The minimum absolute atomic E-state index is 0.0916. The van der Waals surface area contributed by atoms with Gasteiger partial charge in [0.25, 0.3) is 0 Å². The third-order valence-electron chi connectivity index (χ3n) is 4.63. The monoisotopic (exact) mass is 329 g/mol. The summed E-state index contributed by atoms with van der Waals surface area (Å²) in [5, 5.41) is 0. The van der Waals surface area contributed by atoms with Crippen molar-refractivity contribution in [1.82, 2.24) is 0 Å². The largest absolute Gasteiger partial charge is 0.299 e. The van der Waals surface area contributed by atoms with Crippen LogP contribution in [0.25, 0.3) is 0 Å². The zero-order chi connectivity index (χ0) is 17.9. The average Bonchev–Trinajstić information content (AvgIpc) is 2.81. The molecule has 1 unspecified atom stereocenters. The molecule has 0 aromatic heterocycles. The minimum Gasteiger partial charge on any atom is -0.299 e. The van der Waals surface area contributed by atoms with Crippen LogP contribution in [0, 0.1) is 11.3 Å². The fourth-order valence-corrected chi connectivity index (χ4v) is 2.92. The SMILES string of the molecule is CCC1CC(=O)N(c2ccc(CCCC(=O)C(C)(C)C)cc2)C1=O. The highest BCUT2D eigenvalue weighted by Gasteiger charge is 2.38. The summed E-state index contributed by atoms with van der Waals surface area (Å²) in [5.41, 5.74) is 1.48. The Morgan fingerprint density at radius 1 is 1.17 bits per heavy atom. The number of ketones is 1. The van der Waals surface area contributed by atoms with Crippen LogP contribution in [0.1, 0.15) is 58.9 Å². The topological polar surface area (TPSA) is 54.5 Å². The van der Waals surface area contributed by atoms with Gasteiger partial charge in [0.1, 0.15) is 5.78 Å². The fraction of sp³-hybridized carbons (Fsp3) is 0.550. The second-order valence-electron chi connectivity index (χ2n) is 7.57. The molecule has 1 aromatic carbocycles. The first-order valence-corrected chi connectivity index (χ1v) is 8.73. The van der Waals surface area contributed by atoms with Crippen molar-refractivity contribution < 1.29 is 14.4 Å². The summed E-state index contributed by atoms with van der Waals surface area (Å²) in [6.45, 7) is 7.76. The molecule has 0 bridgehead atoms. The van der Waals surface area contributed by atoms with Gasteiger partial charge in [-0.2, -0.15) is 0 Å². The number of anilines is 1. The van der Waals surface area contributed by atoms with Crippen molar-refractivity contribution >= 4 is 23.3 Å². The summed E-state index contributed by atoms with van der Waals surface area (Å²) < 4.78 is 0. The lowest BCUT2D eigenvalue weighted by molar-refractivity contribution is -0.126. The van der Waals surface area contributed by atoms with Gasteiger partial charge >= 0.3 is 0 Å². The molecular formula is C20H27NO3. The number of nitrogens with zero attached hydrogens (tertiary/aromatic N) is 1. The summed E-state index contributed by atoms with van der Waals surface area (Å²) in [6.07, 6.45) is 3.22. The maximum atomic E-state index is 12.2. The third-order valence-corrected chi connectivity index (χ3v) is 4.63. The number of imide groups is 1. The molecule has 1 aliphatic rings. The molecule has 0 saturated carbocycles. The summed E-state index contributed by atoms with van der Waals surface area (Å²) in [6, 6.07) is 7.54. The van der Waals surface area contributed by atoms with E-state index in [1.165, 1.54) is 4.90 Å². The van der Waals surface area contributed by atoms with Gasteiger partial charge in [-0.1, -0.05) is 39.8 Å². The smallest absolute Gasteiger partial charge is 0.237 e. The molecule has 0 radical (unpaired) electrons. The minimum atomic E-state index is -0.282. The first-order valence-electron chi connectivity index (χ1n) is 8.73. The molecule has 4 heteroatoms. The van der Waals surface area contributed by atoms with Crippen molar-refractivity contribution in [1.29, 1.82) is 0 Å². The maximum absolute atomic E-state index is 12.2. The van der Waals surface area contributed by atoms with E-state index in [0.29, 0.717) is 24.9 Å². The number of rotatable bonds is 6. The number of aryl methyl sites for hydroxylation is 1. The highest BCUT2D eigenvalue weighted by molar-refractivity contribution is 6.20. The summed E-state index contributed by atoms with van der Waals surface area (Å²) >= 11 is 0. The van der Waals surface area contributed by atoms with Gasteiger partial charge in [0, 0.05) is 24.2 Å². The number of Topliss-reactive ketones (excluding diaryl/α,β-unsaturated/α-hetero) is 1. The number of benzene rings is 1. The van der Waals surface area contributed by atoms with Crippen LogP contribution in [-0.4, -0.2) is 17.6 Å². The van der Waals surface area contributed by atoms with Crippen LogP contribution in [0.15, 0.2) is 24.3 Å². The molecule has 0 spiro atoms. The average molecular weight is 329 g/mol. The van der Waals surface area contributed by atoms with Gasteiger partial charge in [0.05, 0.1) is 5.69 Å². The van der Waals surface area contributed by atoms with E-state index in [4.69, 9.17) is 0 Å². The summed E-state index contributed by atoms with van der Waals surface area (Å²) in [5.74, 6) is -0.111. The molecule has 1 atom stereocenters. The van der Waals surface area contributed by atoms with Crippen LogP contribution in [0.2, 0.25) is 0 Å². The standard InChI is InChI=1S/C20H27NO3/c1-5-15-13-18(23)21(19(15)24)16-11-9-14(10-12-16)7-6-8-17(22)20(2,3)4/h9-12,15H,5-8,13H2,1-4H3. The van der Waals surface area contributed by atoms with E-state index in [2.05, 4.69) is 0 Å². The van der Waals surface area contributed by atoms with Gasteiger partial charge in [-0.15, -0.1) is 0 Å². The van der Waals surface area contributed by atoms with Gasteiger partial charge in [-0.05, 0) is 37.0 Å². The van der Waals surface area contributed by atoms with Crippen molar-refractivity contribution in [3.05, 3.63) is 29.8 Å². The first-order chi connectivity index (χ1) is 11.2. The lowest BCUT2D eigenvalue weighted by Crippen LogP contribution is -2.30. The van der Waals surface area contributed by atoms with Gasteiger partial charge in [-0.3, -0.25) is 19.3 Å². The van der Waals surface area contributed by atoms with Crippen molar-refractivity contribution in [3.8, 4) is 0 Å². The highest BCUT2D eigenvalue weighted by atomic mass is 16.2. The summed E-state index contributed by atoms with van der Waals surface area (Å²) in [4.78, 5) is 37.5. The quantitative estimate of drug-likeness (QED) is 0.743. The maximum Gasteiger partial charge on any atom is 0.237 e. The zero-order valence-electron chi connectivity index (χ0n) is 15.1. The Balaban J connectivity index is 1.95. The number of amides is 2. The number of carbonyl (C=O) groups excluding carboxylic acids is 3. The van der Waals surface area contributed by atoms with E-state index in [1.54, 1.807) is 0 Å². The van der Waals surface area contributed by atoms with Gasteiger partial charge in [0.15, 0.2) is 0 Å². The van der Waals surface area contributed by atoms with Crippen LogP contribution in [0.5, 0.6) is 0 Å². The lowest BCUT2D eigenvalue weighted by atomic mass is 9.87. The second-order valence-corrected chi connectivity index (χ2v) is 7.57. The van der Waals surface area contributed by atoms with Crippen LogP contribution in [-0.2, 0) is 20.8 Å². The van der Waals surface area contributed by atoms with Crippen molar-refractivity contribution in [3.63, 3.8) is 0 Å². The lowest BCUT2D eigenvalue weighted by Gasteiger charge is -2.17. The highest BCUT2D eigenvalue weighted by Crippen LogP contribution is 2.28. The molecule has 2 amide bonds. The van der Waals surface area contributed by atoms with Crippen LogP contribution >= 0.6 is 0 Å². The van der Waals surface area contributed by atoms with E-state index in [0.717, 1.165) is 18.4 Å². The van der Waals surface area contributed by atoms with Crippen LogP contribution in [0.4, 0.5) is 5.69 Å². The molecule has 1 fully saturated rings. The van der Waals surface area contributed by atoms with Gasteiger partial charge in [-0.25, -0.2) is 0 Å². The van der Waals surface area contributed by atoms with E-state index in [9.17, 15) is 14.4 Å². The van der Waals surface area contributed by atoms with E-state index < -0.39 is 0 Å². The van der Waals surface area contributed by atoms with Gasteiger partial charge < -0.3 is 0 Å². The normalized spacial score (nSPS) is 18.3. The molecule has 130 valence electrons. The molecule has 1 heterocycles. The predicted octanol–water partition coefficient (Wildman–Crippen LogP) is 3.91. The van der Waals surface area contributed by atoms with Crippen LogP contribution < -0.4 is 4.90 Å². The molecule has 2 rings (SSSR count). The van der Waals surface area contributed by atoms with Crippen molar-refractivity contribution in [2.24, 2.45) is 11.3 Å².